The molecule has 0 unspecified atom stereocenters. The third kappa shape index (κ3) is 2.82. The first-order valence-corrected chi connectivity index (χ1v) is 6.31. The van der Waals surface area contributed by atoms with Gasteiger partial charge >= 0.3 is 0 Å². The second kappa shape index (κ2) is 5.40. The highest BCUT2D eigenvalue weighted by Gasteiger charge is 2.02. The number of aryl methyl sites for hydroxylation is 2. The summed E-state index contributed by atoms with van der Waals surface area (Å²) in [7, 11) is 0. The summed E-state index contributed by atoms with van der Waals surface area (Å²) in [6, 6.07) is 3.75. The van der Waals surface area contributed by atoms with E-state index in [1.165, 1.54) is 5.69 Å². The number of anilines is 1. The van der Waals surface area contributed by atoms with Gasteiger partial charge in [-0.05, 0) is 32.9 Å². The minimum absolute atomic E-state index is 0.696. The first-order valence-electron chi connectivity index (χ1n) is 5.93. The molecule has 0 bridgehead atoms. The fourth-order valence-electron chi connectivity index (χ4n) is 1.72. The molecule has 2 rings (SSSR count). The maximum Gasteiger partial charge on any atom is 0.126 e. The fraction of sp³-hybridized carbons (Fsp3) is 0.385. The molecule has 0 spiro atoms. The van der Waals surface area contributed by atoms with E-state index in [0.717, 1.165) is 30.3 Å². The molecule has 0 aliphatic carbocycles. The quantitative estimate of drug-likeness (QED) is 0.923. The Balaban J connectivity index is 1.92. The van der Waals surface area contributed by atoms with Gasteiger partial charge in [0.05, 0.1) is 22.7 Å². The van der Waals surface area contributed by atoms with Crippen molar-refractivity contribution in [1.29, 1.82) is 0 Å². The number of halogens is 1. The highest BCUT2D eigenvalue weighted by atomic mass is 35.5. The van der Waals surface area contributed by atoms with Crippen LogP contribution in [-0.2, 0) is 6.54 Å². The summed E-state index contributed by atoms with van der Waals surface area (Å²) < 4.78 is 2.13. The molecule has 0 aromatic carbocycles. The van der Waals surface area contributed by atoms with Gasteiger partial charge in [0.2, 0.25) is 0 Å². The molecule has 0 atom stereocenters. The molecule has 0 aliphatic rings. The Bertz CT molecular complexity index is 548. The third-order valence-electron chi connectivity index (χ3n) is 3.03. The molecular formula is C13H17ClN4. The zero-order valence-electron chi connectivity index (χ0n) is 10.9. The van der Waals surface area contributed by atoms with E-state index >= 15 is 0 Å². The zero-order valence-corrected chi connectivity index (χ0v) is 11.6. The Kier molecular flexibility index (Phi) is 3.87. The summed E-state index contributed by atoms with van der Waals surface area (Å²) >= 11 is 5.93. The van der Waals surface area contributed by atoms with Crippen molar-refractivity contribution in [2.75, 3.05) is 11.9 Å². The Morgan fingerprint density at radius 2 is 2.00 bits per heavy atom. The summed E-state index contributed by atoms with van der Waals surface area (Å²) in [4.78, 5) is 8.63. The number of imidazole rings is 1. The molecular weight excluding hydrogens is 248 g/mol. The molecule has 0 aliphatic heterocycles. The highest BCUT2D eigenvalue weighted by Crippen LogP contribution is 2.15. The minimum Gasteiger partial charge on any atom is -0.368 e. The van der Waals surface area contributed by atoms with Crippen LogP contribution < -0.4 is 5.32 Å². The van der Waals surface area contributed by atoms with Crippen LogP contribution in [-0.4, -0.2) is 21.1 Å². The molecule has 0 saturated carbocycles. The second-order valence-electron chi connectivity index (χ2n) is 4.30. The van der Waals surface area contributed by atoms with Gasteiger partial charge in [-0.25, -0.2) is 9.97 Å². The average molecular weight is 265 g/mol. The number of nitrogens with zero attached hydrogens (tertiary/aromatic N) is 3. The van der Waals surface area contributed by atoms with Crippen molar-refractivity contribution in [3.05, 3.63) is 40.6 Å². The van der Waals surface area contributed by atoms with Crippen LogP contribution in [0.1, 0.15) is 17.1 Å². The first-order chi connectivity index (χ1) is 8.58. The van der Waals surface area contributed by atoms with Gasteiger partial charge < -0.3 is 9.88 Å². The van der Waals surface area contributed by atoms with E-state index in [-0.39, 0.29) is 0 Å². The molecule has 2 aromatic rings. The van der Waals surface area contributed by atoms with Crippen molar-refractivity contribution in [3.8, 4) is 0 Å². The van der Waals surface area contributed by atoms with Crippen molar-refractivity contribution in [1.82, 2.24) is 14.5 Å². The molecule has 0 radical (unpaired) electrons. The van der Waals surface area contributed by atoms with Crippen molar-refractivity contribution >= 4 is 17.4 Å². The van der Waals surface area contributed by atoms with E-state index < -0.39 is 0 Å². The SMILES string of the molecule is Cc1nc(NCCn2cnc(C)c2C)ccc1Cl. The van der Waals surface area contributed by atoms with Crippen LogP contribution in [0.5, 0.6) is 0 Å². The van der Waals surface area contributed by atoms with Gasteiger partial charge in [0.1, 0.15) is 5.82 Å². The predicted molar refractivity (Wildman–Crippen MR) is 74.2 cm³/mol. The minimum atomic E-state index is 0.696. The molecule has 2 aromatic heterocycles. The van der Waals surface area contributed by atoms with Crippen LogP contribution in [0.3, 0.4) is 0 Å². The maximum atomic E-state index is 5.93. The number of hydrogen-bond donors (Lipinski definition) is 1. The molecule has 0 amide bonds. The van der Waals surface area contributed by atoms with E-state index in [1.807, 2.05) is 32.3 Å². The summed E-state index contributed by atoms with van der Waals surface area (Å²) in [5.74, 6) is 0.853. The molecule has 96 valence electrons. The molecule has 1 N–H and O–H groups in total. The van der Waals surface area contributed by atoms with Crippen LogP contribution >= 0.6 is 11.6 Å². The molecule has 18 heavy (non-hydrogen) atoms. The van der Waals surface area contributed by atoms with Gasteiger partial charge in [-0.1, -0.05) is 11.6 Å². The number of aromatic nitrogens is 3. The van der Waals surface area contributed by atoms with E-state index in [9.17, 15) is 0 Å². The number of nitrogens with one attached hydrogen (secondary N) is 1. The maximum absolute atomic E-state index is 5.93. The lowest BCUT2D eigenvalue weighted by atomic mass is 10.3. The van der Waals surface area contributed by atoms with Gasteiger partial charge in [-0.3, -0.25) is 0 Å². The van der Waals surface area contributed by atoms with Crippen LogP contribution in [0.4, 0.5) is 5.82 Å². The van der Waals surface area contributed by atoms with Crippen molar-refractivity contribution in [2.24, 2.45) is 0 Å². The molecule has 4 nitrogen and oxygen atoms in total. The normalized spacial score (nSPS) is 10.7. The topological polar surface area (TPSA) is 42.7 Å². The molecule has 5 heteroatoms. The lowest BCUT2D eigenvalue weighted by molar-refractivity contribution is 0.704. The number of hydrogen-bond acceptors (Lipinski definition) is 3. The van der Waals surface area contributed by atoms with E-state index in [4.69, 9.17) is 11.6 Å². The van der Waals surface area contributed by atoms with E-state index in [2.05, 4.69) is 26.8 Å². The lowest BCUT2D eigenvalue weighted by Crippen LogP contribution is -2.12. The first kappa shape index (κ1) is 12.9. The summed E-state index contributed by atoms with van der Waals surface area (Å²) in [5.41, 5.74) is 3.13. The van der Waals surface area contributed by atoms with Gasteiger partial charge in [-0.2, -0.15) is 0 Å². The molecule has 0 saturated heterocycles. The Morgan fingerprint density at radius 1 is 1.22 bits per heavy atom. The van der Waals surface area contributed by atoms with E-state index in [0.29, 0.717) is 5.02 Å². The Morgan fingerprint density at radius 3 is 2.61 bits per heavy atom. The summed E-state index contributed by atoms with van der Waals surface area (Å²) in [5, 5.41) is 3.98. The smallest absolute Gasteiger partial charge is 0.126 e. The number of rotatable bonds is 4. The van der Waals surface area contributed by atoms with Crippen molar-refractivity contribution < 1.29 is 0 Å². The Labute approximate surface area is 112 Å². The monoisotopic (exact) mass is 264 g/mol. The highest BCUT2D eigenvalue weighted by molar-refractivity contribution is 6.31. The fourth-order valence-corrected chi connectivity index (χ4v) is 1.82. The van der Waals surface area contributed by atoms with Crippen LogP contribution in [0.15, 0.2) is 18.5 Å². The van der Waals surface area contributed by atoms with Crippen molar-refractivity contribution in [3.63, 3.8) is 0 Å². The van der Waals surface area contributed by atoms with Crippen LogP contribution in [0.2, 0.25) is 5.02 Å². The van der Waals surface area contributed by atoms with Gasteiger partial charge in [0.15, 0.2) is 0 Å². The Hall–Kier alpha value is -1.55. The van der Waals surface area contributed by atoms with Crippen LogP contribution in [0, 0.1) is 20.8 Å². The standard InChI is InChI=1S/C13H17ClN4/c1-9-11(3)18(8-16-9)7-6-15-13-5-4-12(14)10(2)17-13/h4-5,8H,6-7H2,1-3H3,(H,15,17). The largest absolute Gasteiger partial charge is 0.368 e. The average Bonchev–Trinajstić information content (AvgIpc) is 2.66. The number of pyridine rings is 1. The molecule has 2 heterocycles. The lowest BCUT2D eigenvalue weighted by Gasteiger charge is -2.09. The summed E-state index contributed by atoms with van der Waals surface area (Å²) in [6.45, 7) is 7.67. The third-order valence-corrected chi connectivity index (χ3v) is 3.42. The van der Waals surface area contributed by atoms with Gasteiger partial charge in [0.25, 0.3) is 0 Å². The summed E-state index contributed by atoms with van der Waals surface area (Å²) in [6.07, 6.45) is 1.87. The van der Waals surface area contributed by atoms with Crippen LogP contribution in [0.25, 0.3) is 0 Å². The predicted octanol–water partition coefficient (Wildman–Crippen LogP) is 2.97. The second-order valence-corrected chi connectivity index (χ2v) is 4.71. The van der Waals surface area contributed by atoms with Gasteiger partial charge in [0, 0.05) is 18.8 Å². The van der Waals surface area contributed by atoms with Gasteiger partial charge in [-0.15, -0.1) is 0 Å². The zero-order chi connectivity index (χ0) is 13.1. The van der Waals surface area contributed by atoms with Crippen molar-refractivity contribution in [2.45, 2.75) is 27.3 Å². The van der Waals surface area contributed by atoms with E-state index in [1.54, 1.807) is 0 Å². The molecule has 0 fully saturated rings.